The largest absolute Gasteiger partial charge is 0.463 e. The molecule has 0 aromatic carbocycles. The van der Waals surface area contributed by atoms with Crippen LogP contribution in [0.25, 0.3) is 16.6 Å². The van der Waals surface area contributed by atoms with Gasteiger partial charge in [0, 0.05) is 30.3 Å². The number of fused-ring (bicyclic) bond motifs is 3. The van der Waals surface area contributed by atoms with Crippen LogP contribution in [0.2, 0.25) is 0 Å². The molecule has 1 N–H and O–H groups in total. The van der Waals surface area contributed by atoms with Crippen LogP contribution in [0.15, 0.2) is 27.6 Å². The van der Waals surface area contributed by atoms with Crippen molar-refractivity contribution in [1.29, 1.82) is 0 Å². The summed E-state index contributed by atoms with van der Waals surface area (Å²) in [5, 5.41) is 8.15. The minimum atomic E-state index is -0.281. The van der Waals surface area contributed by atoms with Crippen LogP contribution in [-0.2, 0) is 17.8 Å². The van der Waals surface area contributed by atoms with Crippen LogP contribution in [0.4, 0.5) is 0 Å². The second-order valence-electron chi connectivity index (χ2n) is 7.60. The Kier molecular flexibility index (Phi) is 6.28. The average molecular weight is 417 g/mol. The molecular weight excluding hydrogens is 388 g/mol. The Morgan fingerprint density at radius 2 is 2.14 bits per heavy atom. The van der Waals surface area contributed by atoms with Gasteiger partial charge in [0.05, 0.1) is 11.8 Å². The molecular formula is C21H28N4O3S. The molecule has 0 unspecified atom stereocenters. The Bertz CT molecular complexity index is 1050. The van der Waals surface area contributed by atoms with Crippen molar-refractivity contribution in [2.75, 3.05) is 12.3 Å². The van der Waals surface area contributed by atoms with E-state index >= 15 is 0 Å². The first-order valence-electron chi connectivity index (χ1n) is 10.5. The summed E-state index contributed by atoms with van der Waals surface area (Å²) in [5.74, 6) is 1.62. The van der Waals surface area contributed by atoms with Gasteiger partial charge in [0.2, 0.25) is 5.91 Å². The van der Waals surface area contributed by atoms with E-state index in [9.17, 15) is 9.59 Å². The molecule has 7 nitrogen and oxygen atoms in total. The lowest BCUT2D eigenvalue weighted by molar-refractivity contribution is -0.121. The second-order valence-corrected chi connectivity index (χ2v) is 9.01. The molecule has 8 heteroatoms. The maximum absolute atomic E-state index is 12.8. The lowest BCUT2D eigenvalue weighted by Gasteiger charge is -2.20. The highest BCUT2D eigenvalue weighted by molar-refractivity contribution is 7.99. The molecule has 1 saturated carbocycles. The Labute approximate surface area is 173 Å². The standard InChI is InChI=1S/C21H28N4O3S/c1-2-19-23-24(21(27)17-13-18-16(25(17)19)9-11-28-18)14-20(26)22-10-6-12-29-15-7-4-3-5-8-15/h9,11,13,15H,2-8,10,12,14H2,1H3,(H,22,26). The van der Waals surface area contributed by atoms with Gasteiger partial charge in [0.15, 0.2) is 5.58 Å². The molecule has 1 amide bonds. The zero-order valence-corrected chi connectivity index (χ0v) is 17.7. The molecule has 1 aliphatic carbocycles. The summed E-state index contributed by atoms with van der Waals surface area (Å²) in [6, 6.07) is 3.54. The molecule has 0 aliphatic heterocycles. The highest BCUT2D eigenvalue weighted by Crippen LogP contribution is 2.28. The third-order valence-electron chi connectivity index (χ3n) is 5.53. The predicted molar refractivity (Wildman–Crippen MR) is 116 cm³/mol. The average Bonchev–Trinajstić information content (AvgIpc) is 3.32. The van der Waals surface area contributed by atoms with Crippen molar-refractivity contribution in [3.8, 4) is 0 Å². The third kappa shape index (κ3) is 4.37. The van der Waals surface area contributed by atoms with Gasteiger partial charge < -0.3 is 9.73 Å². The van der Waals surface area contributed by atoms with Gasteiger partial charge in [-0.15, -0.1) is 0 Å². The van der Waals surface area contributed by atoms with Gasteiger partial charge in [-0.05, 0) is 25.0 Å². The van der Waals surface area contributed by atoms with Crippen molar-refractivity contribution < 1.29 is 9.21 Å². The Hall–Kier alpha value is -2.22. The summed E-state index contributed by atoms with van der Waals surface area (Å²) in [6.07, 6.45) is 9.94. The van der Waals surface area contributed by atoms with E-state index in [1.165, 1.54) is 36.8 Å². The number of carbonyl (C=O) groups is 1. The molecule has 0 saturated heterocycles. The van der Waals surface area contributed by atoms with E-state index in [2.05, 4.69) is 10.4 Å². The number of nitrogens with one attached hydrogen (secondary N) is 1. The van der Waals surface area contributed by atoms with Gasteiger partial charge in [-0.2, -0.15) is 16.9 Å². The van der Waals surface area contributed by atoms with E-state index in [0.29, 0.717) is 24.1 Å². The first kappa shape index (κ1) is 20.1. The molecule has 1 fully saturated rings. The van der Waals surface area contributed by atoms with Crippen LogP contribution in [0.3, 0.4) is 0 Å². The molecule has 3 aromatic rings. The number of amides is 1. The Morgan fingerprint density at radius 1 is 1.31 bits per heavy atom. The zero-order chi connectivity index (χ0) is 20.2. The van der Waals surface area contributed by atoms with Gasteiger partial charge in [-0.1, -0.05) is 26.2 Å². The summed E-state index contributed by atoms with van der Waals surface area (Å²) in [6.45, 7) is 2.55. The summed E-state index contributed by atoms with van der Waals surface area (Å²) < 4.78 is 8.50. The summed E-state index contributed by atoms with van der Waals surface area (Å²) >= 11 is 2.03. The Balaban J connectivity index is 1.35. The quantitative estimate of drug-likeness (QED) is 0.570. The summed E-state index contributed by atoms with van der Waals surface area (Å²) in [5.41, 5.74) is 1.68. The first-order chi connectivity index (χ1) is 14.2. The highest BCUT2D eigenvalue weighted by atomic mass is 32.2. The van der Waals surface area contributed by atoms with Crippen LogP contribution < -0.4 is 10.9 Å². The lowest BCUT2D eigenvalue weighted by Crippen LogP contribution is -2.35. The van der Waals surface area contributed by atoms with E-state index in [-0.39, 0.29) is 18.0 Å². The topological polar surface area (TPSA) is 81.5 Å². The minimum absolute atomic E-state index is 0.0648. The van der Waals surface area contributed by atoms with Crippen LogP contribution in [0, 0.1) is 0 Å². The summed E-state index contributed by atoms with van der Waals surface area (Å²) in [7, 11) is 0. The normalized spacial score (nSPS) is 15.3. The molecule has 0 radical (unpaired) electrons. The molecule has 3 aromatic heterocycles. The number of nitrogens with zero attached hydrogens (tertiary/aromatic N) is 3. The SMILES string of the molecule is CCc1nn(CC(=O)NCCCSC2CCCCC2)c(=O)c2cc3occc3n12. The van der Waals surface area contributed by atoms with Crippen LogP contribution in [0.1, 0.15) is 51.3 Å². The maximum Gasteiger partial charge on any atom is 0.291 e. The van der Waals surface area contributed by atoms with Gasteiger partial charge in [-0.3, -0.25) is 14.0 Å². The molecule has 4 rings (SSSR count). The molecule has 29 heavy (non-hydrogen) atoms. The number of aromatic nitrogens is 3. The number of hydrogen-bond acceptors (Lipinski definition) is 5. The van der Waals surface area contributed by atoms with E-state index < -0.39 is 0 Å². The molecule has 0 bridgehead atoms. The first-order valence-corrected chi connectivity index (χ1v) is 11.6. The fraction of sp³-hybridized carbons (Fsp3) is 0.571. The van der Waals surface area contributed by atoms with Gasteiger partial charge in [0.25, 0.3) is 5.56 Å². The fourth-order valence-electron chi connectivity index (χ4n) is 4.03. The number of furan rings is 1. The number of aryl methyl sites for hydroxylation is 1. The molecule has 1 aliphatic rings. The number of carbonyl (C=O) groups excluding carboxylic acids is 1. The van der Waals surface area contributed by atoms with E-state index in [1.807, 2.05) is 29.2 Å². The number of thioether (sulfide) groups is 1. The monoisotopic (exact) mass is 416 g/mol. The fourth-order valence-corrected chi connectivity index (χ4v) is 5.34. The zero-order valence-electron chi connectivity index (χ0n) is 16.9. The van der Waals surface area contributed by atoms with Gasteiger partial charge in [-0.25, -0.2) is 4.68 Å². The predicted octanol–water partition coefficient (Wildman–Crippen LogP) is 3.38. The smallest absolute Gasteiger partial charge is 0.291 e. The van der Waals surface area contributed by atoms with E-state index in [1.54, 1.807) is 12.3 Å². The van der Waals surface area contributed by atoms with Crippen LogP contribution >= 0.6 is 11.8 Å². The number of hydrogen-bond donors (Lipinski definition) is 1. The second kappa shape index (κ2) is 9.07. The molecule has 0 spiro atoms. The minimum Gasteiger partial charge on any atom is -0.463 e. The van der Waals surface area contributed by atoms with Crippen molar-refractivity contribution in [2.45, 2.75) is 63.7 Å². The third-order valence-corrected chi connectivity index (χ3v) is 7.00. The molecule has 0 atom stereocenters. The summed E-state index contributed by atoms with van der Waals surface area (Å²) in [4.78, 5) is 25.2. The van der Waals surface area contributed by atoms with Crippen LogP contribution in [0.5, 0.6) is 0 Å². The van der Waals surface area contributed by atoms with Crippen molar-refractivity contribution in [1.82, 2.24) is 19.5 Å². The molecule has 3 heterocycles. The van der Waals surface area contributed by atoms with Crippen molar-refractivity contribution in [3.63, 3.8) is 0 Å². The maximum atomic E-state index is 12.8. The van der Waals surface area contributed by atoms with Gasteiger partial charge in [0.1, 0.15) is 17.9 Å². The Morgan fingerprint density at radius 3 is 2.93 bits per heavy atom. The lowest BCUT2D eigenvalue weighted by atomic mass is 10.0. The van der Waals surface area contributed by atoms with Crippen LogP contribution in [-0.4, -0.2) is 37.6 Å². The molecule has 156 valence electrons. The van der Waals surface area contributed by atoms with Crippen molar-refractivity contribution in [3.05, 3.63) is 34.6 Å². The van der Waals surface area contributed by atoms with Crippen molar-refractivity contribution >= 4 is 34.3 Å². The highest BCUT2D eigenvalue weighted by Gasteiger charge is 2.17. The number of rotatable bonds is 8. The van der Waals surface area contributed by atoms with Gasteiger partial charge >= 0.3 is 0 Å². The van der Waals surface area contributed by atoms with Crippen molar-refractivity contribution in [2.24, 2.45) is 0 Å². The van der Waals surface area contributed by atoms with E-state index in [0.717, 1.165) is 28.8 Å². The van der Waals surface area contributed by atoms with E-state index in [4.69, 9.17) is 4.42 Å².